The van der Waals surface area contributed by atoms with E-state index in [1.807, 2.05) is 6.07 Å². The minimum absolute atomic E-state index is 0.417. The van der Waals surface area contributed by atoms with Crippen LogP contribution >= 0.6 is 11.6 Å². The van der Waals surface area contributed by atoms with E-state index in [2.05, 4.69) is 48.6 Å². The molecule has 1 nitrogen and oxygen atoms in total. The summed E-state index contributed by atoms with van der Waals surface area (Å²) >= 11 is 6.03. The fourth-order valence-corrected chi connectivity index (χ4v) is 2.78. The highest BCUT2D eigenvalue weighted by molar-refractivity contribution is 6.30. The van der Waals surface area contributed by atoms with Crippen molar-refractivity contribution in [1.82, 2.24) is 0 Å². The maximum absolute atomic E-state index is 6.03. The van der Waals surface area contributed by atoms with E-state index >= 15 is 0 Å². The van der Waals surface area contributed by atoms with Gasteiger partial charge in [0, 0.05) is 10.7 Å². The number of nitrogens with one attached hydrogen (secondary N) is 1. The quantitative estimate of drug-likeness (QED) is 0.819. The third-order valence-electron chi connectivity index (χ3n) is 3.58. The predicted molar refractivity (Wildman–Crippen MR) is 77.3 cm³/mol. The molecule has 0 fully saturated rings. The fourth-order valence-electron chi connectivity index (χ4n) is 2.59. The van der Waals surface area contributed by atoms with Crippen LogP contribution in [0.4, 0.5) is 5.69 Å². The van der Waals surface area contributed by atoms with Crippen molar-refractivity contribution in [1.29, 1.82) is 0 Å². The maximum atomic E-state index is 6.03. The van der Waals surface area contributed by atoms with Gasteiger partial charge in [0.2, 0.25) is 0 Å². The van der Waals surface area contributed by atoms with Gasteiger partial charge in [0.1, 0.15) is 0 Å². The third-order valence-corrected chi connectivity index (χ3v) is 3.81. The molecule has 0 radical (unpaired) electrons. The molecule has 1 N–H and O–H groups in total. The van der Waals surface area contributed by atoms with Gasteiger partial charge in [-0.2, -0.15) is 0 Å². The fraction of sp³-hybridized carbons (Fsp3) is 0.250. The van der Waals surface area contributed by atoms with Crippen LogP contribution in [0.2, 0.25) is 5.02 Å². The highest BCUT2D eigenvalue weighted by Gasteiger charge is 2.22. The lowest BCUT2D eigenvalue weighted by Crippen LogP contribution is -2.06. The molecule has 3 rings (SSSR count). The molecule has 2 heteroatoms. The molecule has 0 aliphatic heterocycles. The van der Waals surface area contributed by atoms with Crippen LogP contribution in [-0.2, 0) is 6.42 Å². The van der Waals surface area contributed by atoms with Crippen LogP contribution in [0, 0.1) is 6.92 Å². The molecule has 0 bridgehead atoms. The van der Waals surface area contributed by atoms with E-state index in [1.54, 1.807) is 0 Å². The molecule has 1 aliphatic rings. The van der Waals surface area contributed by atoms with Gasteiger partial charge < -0.3 is 5.32 Å². The first kappa shape index (κ1) is 11.6. The van der Waals surface area contributed by atoms with Gasteiger partial charge >= 0.3 is 0 Å². The van der Waals surface area contributed by atoms with Crippen LogP contribution < -0.4 is 5.32 Å². The van der Waals surface area contributed by atoms with Crippen LogP contribution in [0.5, 0.6) is 0 Å². The molecule has 1 aliphatic carbocycles. The normalized spacial score (nSPS) is 17.6. The number of aryl methyl sites for hydroxylation is 2. The average molecular weight is 258 g/mol. The lowest BCUT2D eigenvalue weighted by Gasteiger charge is -2.15. The molecule has 0 amide bonds. The first-order valence-electron chi connectivity index (χ1n) is 6.34. The lowest BCUT2D eigenvalue weighted by atomic mass is 10.1. The Bertz CT molecular complexity index is 560. The van der Waals surface area contributed by atoms with Crippen molar-refractivity contribution in [3.63, 3.8) is 0 Å². The van der Waals surface area contributed by atoms with Crippen molar-refractivity contribution in [3.05, 3.63) is 64.2 Å². The van der Waals surface area contributed by atoms with Crippen LogP contribution in [0.3, 0.4) is 0 Å². The average Bonchev–Trinajstić information content (AvgIpc) is 2.74. The zero-order valence-corrected chi connectivity index (χ0v) is 11.2. The molecule has 2 aromatic rings. The highest BCUT2D eigenvalue weighted by Crippen LogP contribution is 2.35. The van der Waals surface area contributed by atoms with E-state index in [0.29, 0.717) is 6.04 Å². The monoisotopic (exact) mass is 257 g/mol. The highest BCUT2D eigenvalue weighted by atomic mass is 35.5. The van der Waals surface area contributed by atoms with E-state index in [0.717, 1.165) is 17.9 Å². The number of benzene rings is 2. The molecule has 0 saturated heterocycles. The molecule has 2 aromatic carbocycles. The first-order chi connectivity index (χ1) is 8.72. The summed E-state index contributed by atoms with van der Waals surface area (Å²) in [7, 11) is 0. The van der Waals surface area contributed by atoms with Gasteiger partial charge in [-0.15, -0.1) is 0 Å². The van der Waals surface area contributed by atoms with Crippen molar-refractivity contribution in [2.75, 3.05) is 5.32 Å². The second kappa shape index (κ2) is 4.66. The summed E-state index contributed by atoms with van der Waals surface area (Å²) in [5, 5.41) is 4.44. The van der Waals surface area contributed by atoms with Gasteiger partial charge in [-0.25, -0.2) is 0 Å². The molecule has 92 valence electrons. The molecular weight excluding hydrogens is 242 g/mol. The predicted octanol–water partition coefficient (Wildman–Crippen LogP) is 4.75. The van der Waals surface area contributed by atoms with Crippen molar-refractivity contribution in [3.8, 4) is 0 Å². The van der Waals surface area contributed by atoms with E-state index in [9.17, 15) is 0 Å². The Morgan fingerprint density at radius 3 is 2.67 bits per heavy atom. The minimum Gasteiger partial charge on any atom is -0.378 e. The van der Waals surface area contributed by atoms with Gasteiger partial charge in [0.25, 0.3) is 0 Å². The molecule has 0 saturated carbocycles. The van der Waals surface area contributed by atoms with E-state index in [4.69, 9.17) is 11.6 Å². The van der Waals surface area contributed by atoms with Crippen LogP contribution in [0.25, 0.3) is 0 Å². The van der Waals surface area contributed by atoms with Gasteiger partial charge in [-0.05, 0) is 55.2 Å². The zero-order chi connectivity index (χ0) is 12.5. The Labute approximate surface area is 113 Å². The zero-order valence-electron chi connectivity index (χ0n) is 10.4. The van der Waals surface area contributed by atoms with Gasteiger partial charge in [-0.1, -0.05) is 35.4 Å². The molecule has 1 unspecified atom stereocenters. The number of rotatable bonds is 2. The lowest BCUT2D eigenvalue weighted by molar-refractivity contribution is 0.762. The number of fused-ring (bicyclic) bond motifs is 1. The summed E-state index contributed by atoms with van der Waals surface area (Å²) in [5.74, 6) is 0. The Morgan fingerprint density at radius 1 is 1.11 bits per heavy atom. The summed E-state index contributed by atoms with van der Waals surface area (Å²) in [4.78, 5) is 0. The molecule has 0 heterocycles. The van der Waals surface area contributed by atoms with Crippen molar-refractivity contribution in [2.45, 2.75) is 25.8 Å². The van der Waals surface area contributed by atoms with Gasteiger partial charge in [0.15, 0.2) is 0 Å². The maximum Gasteiger partial charge on any atom is 0.0519 e. The van der Waals surface area contributed by atoms with Crippen molar-refractivity contribution < 1.29 is 0 Å². The molecule has 0 spiro atoms. The largest absolute Gasteiger partial charge is 0.378 e. The second-order valence-corrected chi connectivity index (χ2v) is 5.38. The van der Waals surface area contributed by atoms with Gasteiger partial charge in [-0.3, -0.25) is 0 Å². The number of halogens is 1. The molecule has 18 heavy (non-hydrogen) atoms. The van der Waals surface area contributed by atoms with Gasteiger partial charge in [0.05, 0.1) is 6.04 Å². The molecule has 0 aromatic heterocycles. The smallest absolute Gasteiger partial charge is 0.0519 e. The third kappa shape index (κ3) is 2.23. The van der Waals surface area contributed by atoms with Crippen LogP contribution in [-0.4, -0.2) is 0 Å². The van der Waals surface area contributed by atoms with Crippen LogP contribution in [0.1, 0.15) is 29.2 Å². The number of hydrogen-bond donors (Lipinski definition) is 1. The molecule has 1 atom stereocenters. The summed E-state index contributed by atoms with van der Waals surface area (Å²) in [6.45, 7) is 2.11. The van der Waals surface area contributed by atoms with E-state index in [1.165, 1.54) is 22.4 Å². The number of hydrogen-bond acceptors (Lipinski definition) is 1. The molecular formula is C16H16ClN. The Morgan fingerprint density at radius 2 is 1.89 bits per heavy atom. The second-order valence-electron chi connectivity index (χ2n) is 4.94. The van der Waals surface area contributed by atoms with E-state index in [-0.39, 0.29) is 0 Å². The Hall–Kier alpha value is -1.47. The van der Waals surface area contributed by atoms with Crippen molar-refractivity contribution in [2.24, 2.45) is 0 Å². The standard InChI is InChI=1S/C16H16ClN/c1-11-2-6-14(7-3-11)18-16-9-4-12-10-13(17)5-8-15(12)16/h2-3,5-8,10,16,18H,4,9H2,1H3. The summed E-state index contributed by atoms with van der Waals surface area (Å²) in [6, 6.07) is 15.2. The SMILES string of the molecule is Cc1ccc(NC2CCc3cc(Cl)ccc32)cc1. The summed E-state index contributed by atoms with van der Waals surface area (Å²) < 4.78 is 0. The Balaban J connectivity index is 1.82. The summed E-state index contributed by atoms with van der Waals surface area (Å²) in [6.07, 6.45) is 2.25. The minimum atomic E-state index is 0.417. The van der Waals surface area contributed by atoms with Crippen LogP contribution in [0.15, 0.2) is 42.5 Å². The van der Waals surface area contributed by atoms with Crippen molar-refractivity contribution >= 4 is 17.3 Å². The first-order valence-corrected chi connectivity index (χ1v) is 6.72. The topological polar surface area (TPSA) is 12.0 Å². The summed E-state index contributed by atoms with van der Waals surface area (Å²) in [5.41, 5.74) is 5.25. The number of anilines is 1. The Kier molecular flexibility index (Phi) is 3.00. The van der Waals surface area contributed by atoms with E-state index < -0.39 is 0 Å².